The second kappa shape index (κ2) is 16.5. The molecule has 13 heavy (non-hydrogen) atoms. The Kier molecular flexibility index (Phi) is 28.5. The van der Waals surface area contributed by atoms with Crippen molar-refractivity contribution in [2.24, 2.45) is 0 Å². The first-order chi connectivity index (χ1) is 5.20. The van der Waals surface area contributed by atoms with Crippen LogP contribution in [0.25, 0.3) is 0 Å². The van der Waals surface area contributed by atoms with Crippen molar-refractivity contribution < 1.29 is 45.2 Å². The molecule has 12 nitrogen and oxygen atoms in total. The van der Waals surface area contributed by atoms with Crippen LogP contribution < -0.4 is 0 Å². The van der Waals surface area contributed by atoms with Gasteiger partial charge in [-0.15, -0.1) is 30.3 Å². The van der Waals surface area contributed by atoms with Crippen LogP contribution in [0.5, 0.6) is 0 Å². The summed E-state index contributed by atoms with van der Waals surface area (Å²) in [7, 11) is 0. The molecule has 0 aromatic rings. The number of hydrogen-bond donors (Lipinski definition) is 3. The molecule has 0 saturated heterocycles. The molecule has 0 saturated carbocycles. The number of nitrogens with zero attached hydrogens (tertiary/aromatic N) is 3. The third-order valence-corrected chi connectivity index (χ3v) is 0. The van der Waals surface area contributed by atoms with E-state index in [-0.39, 0.29) is 14.3 Å². The van der Waals surface area contributed by atoms with Crippen molar-refractivity contribution in [2.45, 2.75) is 0 Å². The van der Waals surface area contributed by atoms with E-state index < -0.39 is 15.3 Å². The molecule has 1 radical (unpaired) electrons. The summed E-state index contributed by atoms with van der Waals surface area (Å²) in [5.41, 5.74) is 0. The fraction of sp³-hybridized carbons (Fsp3) is 0. The molecule has 0 amide bonds. The van der Waals surface area contributed by atoms with Crippen molar-refractivity contribution in [3.8, 4) is 0 Å². The first kappa shape index (κ1) is 22.4. The zero-order valence-electron chi connectivity index (χ0n) is 5.51. The third-order valence-electron chi connectivity index (χ3n) is 0. The maximum atomic E-state index is 8.36. The van der Waals surface area contributed by atoms with Gasteiger partial charge in [-0.3, -0.25) is 0 Å². The quantitative estimate of drug-likeness (QED) is 0.317. The largest absolute Gasteiger partial charge is 0.328 e. The number of hydrogen-bond acceptors (Lipinski definition) is 6. The van der Waals surface area contributed by atoms with E-state index >= 15 is 0 Å². The molecule has 0 aliphatic carbocycles. The summed E-state index contributed by atoms with van der Waals surface area (Å²) in [6.45, 7) is 0. The monoisotopic (exact) mass is 430 g/mol. The van der Waals surface area contributed by atoms with Crippen LogP contribution in [-0.4, -0.2) is 30.9 Å². The predicted molar refractivity (Wildman–Crippen MR) is 26.3 cm³/mol. The van der Waals surface area contributed by atoms with Gasteiger partial charge in [0.15, 0.2) is 0 Å². The van der Waals surface area contributed by atoms with Crippen LogP contribution in [0.4, 0.5) is 0 Å². The predicted octanol–water partition coefficient (Wildman–Crippen LogP) is -1.04. The van der Waals surface area contributed by atoms with E-state index in [9.17, 15) is 0 Å². The average molecular weight is 432 g/mol. The Balaban J connectivity index is -0.0000000450. The van der Waals surface area contributed by atoms with Crippen molar-refractivity contribution in [2.75, 3.05) is 0 Å². The van der Waals surface area contributed by atoms with Gasteiger partial charge >= 0.3 is 0 Å². The molecule has 0 aromatic carbocycles. The normalized spacial score (nSPS) is 5.54. The Morgan fingerprint density at radius 3 is 0.692 bits per heavy atom. The molecule has 0 bridgehead atoms. The molecule has 0 aliphatic rings. The molecule has 0 heterocycles. The Hall–Kier alpha value is -2.01. The van der Waals surface area contributed by atoms with Crippen molar-refractivity contribution in [3.05, 3.63) is 30.3 Å². The van der Waals surface area contributed by atoms with Gasteiger partial charge in [-0.25, -0.2) is 0 Å². The van der Waals surface area contributed by atoms with Gasteiger partial charge in [-0.2, -0.15) is 0 Å². The van der Waals surface area contributed by atoms with E-state index in [4.69, 9.17) is 46.0 Å². The van der Waals surface area contributed by atoms with E-state index in [1.54, 1.807) is 0 Å². The topological polar surface area (TPSA) is 190 Å². The van der Waals surface area contributed by atoms with Gasteiger partial charge in [-0.05, 0) is 0 Å². The van der Waals surface area contributed by atoms with Crippen molar-refractivity contribution in [1.82, 2.24) is 0 Å². The standard InChI is InChI=1S/Am.3HNO3/c;3*2-1(3)4/h;3*(H,2,3,4). The Bertz CT molecular complexity index is 112. The zero-order valence-corrected chi connectivity index (χ0v) is 8.66. The van der Waals surface area contributed by atoms with Crippen LogP contribution >= 0.6 is 0 Å². The van der Waals surface area contributed by atoms with Crippen LogP contribution in [0.2, 0.25) is 0 Å². The molecule has 0 spiro atoms. The summed E-state index contributed by atoms with van der Waals surface area (Å²) in [4.78, 5) is 25.1. The summed E-state index contributed by atoms with van der Waals surface area (Å²) in [5, 5.41) is 40.9. The molecular weight excluding hydrogens is 429 g/mol. The summed E-state index contributed by atoms with van der Waals surface area (Å²) >= 11 is 0. The molecular formula is H3AmN3O9. The minimum atomic E-state index is -1.50. The maximum Gasteiger partial charge on any atom is 0.291 e. The summed E-state index contributed by atoms with van der Waals surface area (Å²) in [5.74, 6) is 0. The molecule has 0 rings (SSSR count). The molecule has 13 heteroatoms. The van der Waals surface area contributed by atoms with E-state index in [1.807, 2.05) is 0 Å². The van der Waals surface area contributed by atoms with Crippen molar-refractivity contribution in [3.63, 3.8) is 0 Å². The minimum absolute atomic E-state index is 0. The summed E-state index contributed by atoms with van der Waals surface area (Å²) < 4.78 is 0. The molecule has 0 aromatic heterocycles. The van der Waals surface area contributed by atoms with Crippen LogP contribution in [0, 0.1) is 44.6 Å². The Morgan fingerprint density at radius 1 is 0.692 bits per heavy atom. The van der Waals surface area contributed by atoms with Crippen LogP contribution in [0.15, 0.2) is 0 Å². The first-order valence-corrected chi connectivity index (χ1v) is 1.70. The van der Waals surface area contributed by atoms with Gasteiger partial charge in [-0.1, -0.05) is 0 Å². The Morgan fingerprint density at radius 2 is 0.692 bits per heavy atom. The zero-order chi connectivity index (χ0) is 10.7. The molecule has 0 fully saturated rings. The summed E-state index contributed by atoms with van der Waals surface area (Å²) in [6.07, 6.45) is 0. The van der Waals surface area contributed by atoms with Gasteiger partial charge < -0.3 is 15.6 Å². The van der Waals surface area contributed by atoms with E-state index in [2.05, 4.69) is 0 Å². The second-order valence-corrected chi connectivity index (χ2v) is 0.714. The van der Waals surface area contributed by atoms with E-state index in [1.165, 1.54) is 0 Å². The number of rotatable bonds is 0. The molecule has 0 unspecified atom stereocenters. The van der Waals surface area contributed by atoms with E-state index in [0.717, 1.165) is 0 Å². The second-order valence-electron chi connectivity index (χ2n) is 0.714. The van der Waals surface area contributed by atoms with Crippen LogP contribution in [0.1, 0.15) is 0 Å². The van der Waals surface area contributed by atoms with E-state index in [0.29, 0.717) is 0 Å². The fourth-order valence-electron chi connectivity index (χ4n) is 0. The summed E-state index contributed by atoms with van der Waals surface area (Å²) in [6, 6.07) is 0. The van der Waals surface area contributed by atoms with Gasteiger partial charge in [0.25, 0.3) is 15.3 Å². The van der Waals surface area contributed by atoms with Gasteiger partial charge in [0.1, 0.15) is 0 Å². The van der Waals surface area contributed by atoms with Crippen molar-refractivity contribution >= 4 is 0 Å². The van der Waals surface area contributed by atoms with Crippen LogP contribution in [-0.2, 0) is 0 Å². The maximum absolute atomic E-state index is 8.36. The van der Waals surface area contributed by atoms with Crippen molar-refractivity contribution in [1.29, 1.82) is 0 Å². The Labute approximate surface area is 76.5 Å². The van der Waals surface area contributed by atoms with Gasteiger partial charge in [0, 0.05) is 14.3 Å². The fourth-order valence-corrected chi connectivity index (χ4v) is 0. The average Bonchev–Trinajstić information content (AvgIpc) is 1.54. The third kappa shape index (κ3) is 158. The minimum Gasteiger partial charge on any atom is -0.328 e. The molecule has 79 valence electrons. The SMILES string of the molecule is O=[N+]([O-])O.O=[N+]([O-])O.O=[N+]([O-])O.[Am]. The first-order valence-electron chi connectivity index (χ1n) is 1.70. The molecule has 0 aliphatic heterocycles. The molecule has 3 N–H and O–H groups in total. The van der Waals surface area contributed by atoms with Gasteiger partial charge in [0.2, 0.25) is 0 Å². The molecule has 0 atom stereocenters. The van der Waals surface area contributed by atoms with Crippen LogP contribution in [0.3, 0.4) is 0 Å². The van der Waals surface area contributed by atoms with Gasteiger partial charge in [0.05, 0.1) is 0 Å². The smallest absolute Gasteiger partial charge is 0.291 e.